The van der Waals surface area contributed by atoms with Gasteiger partial charge in [-0.25, -0.2) is 4.98 Å². The molecular weight excluding hydrogens is 280 g/mol. The highest BCUT2D eigenvalue weighted by molar-refractivity contribution is 5.78. The van der Waals surface area contributed by atoms with Crippen LogP contribution >= 0.6 is 0 Å². The first-order chi connectivity index (χ1) is 10.6. The van der Waals surface area contributed by atoms with Crippen LogP contribution in [-0.4, -0.2) is 40.4 Å². The number of nitrogens with one attached hydrogen (secondary N) is 2. The molecule has 6 heteroatoms. The van der Waals surface area contributed by atoms with Gasteiger partial charge in [0, 0.05) is 6.54 Å². The molecule has 2 rings (SSSR count). The van der Waals surface area contributed by atoms with Gasteiger partial charge in [-0.05, 0) is 18.7 Å². The van der Waals surface area contributed by atoms with Gasteiger partial charge in [0.2, 0.25) is 5.91 Å². The summed E-state index contributed by atoms with van der Waals surface area (Å²) in [6.07, 6.45) is 1.64. The van der Waals surface area contributed by atoms with E-state index in [0.717, 1.165) is 0 Å². The van der Waals surface area contributed by atoms with Crippen LogP contribution in [-0.2, 0) is 11.3 Å². The molecule has 0 aliphatic rings. The topological polar surface area (TPSA) is 78.1 Å². The van der Waals surface area contributed by atoms with E-state index < -0.39 is 0 Å². The van der Waals surface area contributed by atoms with Crippen molar-refractivity contribution < 1.29 is 4.79 Å². The minimum absolute atomic E-state index is 0.0788. The summed E-state index contributed by atoms with van der Waals surface area (Å²) in [5, 5.41) is 3.30. The van der Waals surface area contributed by atoms with Crippen molar-refractivity contribution in [3.05, 3.63) is 53.1 Å². The fraction of sp³-hybridized carbons (Fsp3) is 0.312. The minimum atomic E-state index is -0.159. The van der Waals surface area contributed by atoms with Crippen molar-refractivity contribution in [3.63, 3.8) is 0 Å². The quantitative estimate of drug-likeness (QED) is 0.749. The molecule has 0 fully saturated rings. The second kappa shape index (κ2) is 7.51. The van der Waals surface area contributed by atoms with Gasteiger partial charge in [-0.15, -0.1) is 6.58 Å². The number of aromatic amines is 1. The summed E-state index contributed by atoms with van der Waals surface area (Å²) < 4.78 is 0. The number of likely N-dealkylation sites (N-methyl/N-ethyl adjacent to an activating group) is 1. The molecule has 0 saturated heterocycles. The van der Waals surface area contributed by atoms with Gasteiger partial charge in [0.25, 0.3) is 5.56 Å². The lowest BCUT2D eigenvalue weighted by molar-refractivity contribution is -0.122. The Kier molecular flexibility index (Phi) is 5.43. The Morgan fingerprint density at radius 2 is 2.23 bits per heavy atom. The van der Waals surface area contributed by atoms with Crippen LogP contribution < -0.4 is 10.9 Å². The van der Waals surface area contributed by atoms with Crippen LogP contribution in [0.25, 0.3) is 10.9 Å². The molecule has 1 aromatic carbocycles. The van der Waals surface area contributed by atoms with Gasteiger partial charge in [0.15, 0.2) is 0 Å². The number of nitrogens with zero attached hydrogens (tertiary/aromatic N) is 2. The highest BCUT2D eigenvalue weighted by atomic mass is 16.2. The normalized spacial score (nSPS) is 10.8. The Bertz CT molecular complexity index is 723. The maximum atomic E-state index is 12.0. The fourth-order valence-electron chi connectivity index (χ4n) is 2.15. The molecule has 22 heavy (non-hydrogen) atoms. The summed E-state index contributed by atoms with van der Waals surface area (Å²) in [5.41, 5.74) is 0.501. The number of amides is 1. The van der Waals surface area contributed by atoms with Gasteiger partial charge in [-0.2, -0.15) is 0 Å². The number of benzene rings is 1. The Balaban J connectivity index is 2.12. The van der Waals surface area contributed by atoms with E-state index in [1.807, 2.05) is 17.9 Å². The molecule has 1 aromatic heterocycles. The molecule has 0 unspecified atom stereocenters. The molecule has 2 N–H and O–H groups in total. The molecule has 0 aliphatic carbocycles. The second-order valence-corrected chi connectivity index (χ2v) is 4.93. The maximum Gasteiger partial charge on any atom is 0.258 e. The lowest BCUT2D eigenvalue weighted by Gasteiger charge is -2.19. The van der Waals surface area contributed by atoms with Gasteiger partial charge in [-0.1, -0.05) is 25.1 Å². The zero-order valence-corrected chi connectivity index (χ0v) is 12.6. The Morgan fingerprint density at radius 1 is 1.45 bits per heavy atom. The molecule has 0 aliphatic heterocycles. The number of aromatic nitrogens is 2. The largest absolute Gasteiger partial charge is 0.352 e. The number of carbonyl (C=O) groups is 1. The Morgan fingerprint density at radius 3 is 2.95 bits per heavy atom. The van der Waals surface area contributed by atoms with Crippen molar-refractivity contribution in [1.82, 2.24) is 20.2 Å². The van der Waals surface area contributed by atoms with Crippen LogP contribution in [0.15, 0.2) is 41.7 Å². The SMILES string of the molecule is C=CCNC(=O)CN(CC)Cc1nc2ccccc2c(=O)[nH]1. The zero-order valence-electron chi connectivity index (χ0n) is 12.6. The van der Waals surface area contributed by atoms with Crippen molar-refractivity contribution in [2.24, 2.45) is 0 Å². The first kappa shape index (κ1) is 15.9. The summed E-state index contributed by atoms with van der Waals surface area (Å²) in [4.78, 5) is 32.9. The molecule has 6 nitrogen and oxygen atoms in total. The van der Waals surface area contributed by atoms with Crippen molar-refractivity contribution >= 4 is 16.8 Å². The lowest BCUT2D eigenvalue weighted by atomic mass is 10.2. The molecule has 0 radical (unpaired) electrons. The number of rotatable bonds is 7. The monoisotopic (exact) mass is 300 g/mol. The third-order valence-corrected chi connectivity index (χ3v) is 3.29. The van der Waals surface area contributed by atoms with E-state index in [2.05, 4.69) is 21.9 Å². The Hall–Kier alpha value is -2.47. The first-order valence-corrected chi connectivity index (χ1v) is 7.22. The van der Waals surface area contributed by atoms with E-state index in [4.69, 9.17) is 0 Å². The molecule has 1 amide bonds. The summed E-state index contributed by atoms with van der Waals surface area (Å²) in [7, 11) is 0. The van der Waals surface area contributed by atoms with Crippen LogP contribution in [0, 0.1) is 0 Å². The molecule has 0 spiro atoms. The van der Waals surface area contributed by atoms with Crippen LogP contribution in [0.1, 0.15) is 12.7 Å². The number of hydrogen-bond donors (Lipinski definition) is 2. The summed E-state index contributed by atoms with van der Waals surface area (Å²) >= 11 is 0. The molecule has 1 heterocycles. The highest BCUT2D eigenvalue weighted by Gasteiger charge is 2.11. The molecular formula is C16H20N4O2. The van der Waals surface area contributed by atoms with E-state index >= 15 is 0 Å². The number of fused-ring (bicyclic) bond motifs is 1. The van der Waals surface area contributed by atoms with Crippen LogP contribution in [0.5, 0.6) is 0 Å². The van der Waals surface area contributed by atoms with E-state index in [1.165, 1.54) is 0 Å². The number of hydrogen-bond acceptors (Lipinski definition) is 4. The third-order valence-electron chi connectivity index (χ3n) is 3.29. The van der Waals surface area contributed by atoms with Crippen LogP contribution in [0.4, 0.5) is 0 Å². The average Bonchev–Trinajstić information content (AvgIpc) is 2.52. The number of carbonyl (C=O) groups excluding carboxylic acids is 1. The van der Waals surface area contributed by atoms with Gasteiger partial charge in [0.1, 0.15) is 5.82 Å². The van der Waals surface area contributed by atoms with E-state index in [9.17, 15) is 9.59 Å². The minimum Gasteiger partial charge on any atom is -0.352 e. The summed E-state index contributed by atoms with van der Waals surface area (Å²) in [6.45, 7) is 7.31. The second-order valence-electron chi connectivity index (χ2n) is 4.93. The summed E-state index contributed by atoms with van der Waals surface area (Å²) in [5.74, 6) is 0.479. The van der Waals surface area contributed by atoms with Gasteiger partial charge < -0.3 is 10.3 Å². The smallest absolute Gasteiger partial charge is 0.258 e. The first-order valence-electron chi connectivity index (χ1n) is 7.22. The molecule has 116 valence electrons. The lowest BCUT2D eigenvalue weighted by Crippen LogP contribution is -2.37. The van der Waals surface area contributed by atoms with Crippen molar-refractivity contribution in [3.8, 4) is 0 Å². The van der Waals surface area contributed by atoms with E-state index in [-0.39, 0.29) is 18.0 Å². The predicted molar refractivity (Wildman–Crippen MR) is 86.5 cm³/mol. The van der Waals surface area contributed by atoms with Gasteiger partial charge in [0.05, 0.1) is 24.0 Å². The van der Waals surface area contributed by atoms with E-state index in [0.29, 0.717) is 36.4 Å². The highest BCUT2D eigenvalue weighted by Crippen LogP contribution is 2.07. The standard InChI is InChI=1S/C16H20N4O2/c1-3-9-17-15(21)11-20(4-2)10-14-18-13-8-6-5-7-12(13)16(22)19-14/h3,5-8H,1,4,9-11H2,2H3,(H,17,21)(H,18,19,22). The van der Waals surface area contributed by atoms with Crippen LogP contribution in [0.3, 0.4) is 0 Å². The Labute approximate surface area is 128 Å². The van der Waals surface area contributed by atoms with E-state index in [1.54, 1.807) is 24.3 Å². The summed E-state index contributed by atoms with van der Waals surface area (Å²) in [6, 6.07) is 7.20. The van der Waals surface area contributed by atoms with Crippen molar-refractivity contribution in [1.29, 1.82) is 0 Å². The zero-order chi connectivity index (χ0) is 15.9. The van der Waals surface area contributed by atoms with Gasteiger partial charge in [-0.3, -0.25) is 14.5 Å². The third kappa shape index (κ3) is 4.02. The molecule has 0 saturated carbocycles. The number of H-pyrrole nitrogens is 1. The van der Waals surface area contributed by atoms with Crippen molar-refractivity contribution in [2.45, 2.75) is 13.5 Å². The molecule has 2 aromatic rings. The fourth-order valence-corrected chi connectivity index (χ4v) is 2.15. The molecule has 0 bridgehead atoms. The average molecular weight is 300 g/mol. The molecule has 0 atom stereocenters. The van der Waals surface area contributed by atoms with Crippen LogP contribution in [0.2, 0.25) is 0 Å². The van der Waals surface area contributed by atoms with Gasteiger partial charge >= 0.3 is 0 Å². The maximum absolute atomic E-state index is 12.0. The predicted octanol–water partition coefficient (Wildman–Crippen LogP) is 1.05. The van der Waals surface area contributed by atoms with Crippen molar-refractivity contribution in [2.75, 3.05) is 19.6 Å². The number of para-hydroxylation sites is 1.